The van der Waals surface area contributed by atoms with Gasteiger partial charge >= 0.3 is 0 Å². The van der Waals surface area contributed by atoms with Crippen LogP contribution in [0.3, 0.4) is 0 Å². The number of Topliss-reactive ketones (excluding diaryl/α,β-unsaturated/α-hetero) is 1. The molecule has 0 aromatic carbocycles. The van der Waals surface area contributed by atoms with Gasteiger partial charge in [0.05, 0.1) is 0 Å². The molecule has 2 rings (SSSR count). The third-order valence-corrected chi connectivity index (χ3v) is 3.25. The van der Waals surface area contributed by atoms with Crippen LogP contribution >= 0.6 is 0 Å². The third kappa shape index (κ3) is 2.95. The highest BCUT2D eigenvalue weighted by Gasteiger charge is 2.16. The smallest absolute Gasteiger partial charge is 0.198 e. The number of aryl methyl sites for hydroxylation is 1. The number of rotatable bonds is 4. The number of carbonyl (C=O) groups is 1. The van der Waals surface area contributed by atoms with Gasteiger partial charge in [-0.2, -0.15) is 0 Å². The quantitative estimate of drug-likeness (QED) is 0.794. The van der Waals surface area contributed by atoms with Gasteiger partial charge in [-0.15, -0.1) is 0 Å². The second kappa shape index (κ2) is 5.30. The molecule has 3 nitrogen and oxygen atoms in total. The molecule has 1 N–H and O–H groups in total. The average Bonchev–Trinajstić information content (AvgIpc) is 2.74. The van der Waals surface area contributed by atoms with Crippen LogP contribution < -0.4 is 5.32 Å². The number of furan rings is 1. The van der Waals surface area contributed by atoms with E-state index in [1.54, 1.807) is 6.07 Å². The summed E-state index contributed by atoms with van der Waals surface area (Å²) in [6.45, 7) is 4.06. The normalized spacial score (nSPS) is 17.6. The first-order chi connectivity index (χ1) is 7.75. The molecule has 0 aliphatic carbocycles. The maximum Gasteiger partial charge on any atom is 0.198 e. The first-order valence-electron chi connectivity index (χ1n) is 6.06. The summed E-state index contributed by atoms with van der Waals surface area (Å²) in [5.41, 5.74) is 0. The molecule has 0 atom stereocenters. The summed E-state index contributed by atoms with van der Waals surface area (Å²) < 4.78 is 5.32. The van der Waals surface area contributed by atoms with Crippen molar-refractivity contribution in [2.24, 2.45) is 5.92 Å². The Morgan fingerprint density at radius 2 is 2.19 bits per heavy atom. The van der Waals surface area contributed by atoms with Gasteiger partial charge in [0.1, 0.15) is 5.76 Å². The van der Waals surface area contributed by atoms with Crippen molar-refractivity contribution < 1.29 is 9.21 Å². The molecule has 16 heavy (non-hydrogen) atoms. The van der Waals surface area contributed by atoms with Crippen molar-refractivity contribution in [3.63, 3.8) is 0 Å². The predicted octanol–water partition coefficient (Wildman–Crippen LogP) is 2.55. The largest absolute Gasteiger partial charge is 0.458 e. The van der Waals surface area contributed by atoms with Crippen LogP contribution in [0.5, 0.6) is 0 Å². The molecule has 88 valence electrons. The van der Waals surface area contributed by atoms with Crippen molar-refractivity contribution in [2.75, 3.05) is 13.1 Å². The van der Waals surface area contributed by atoms with E-state index >= 15 is 0 Å². The molecule has 0 unspecified atom stereocenters. The standard InChI is InChI=1S/C13H19NO2/c1-10-2-5-13(16-10)12(15)4-3-11-6-8-14-9-7-11/h2,5,11,14H,3-4,6-9H2,1H3. The fourth-order valence-electron chi connectivity index (χ4n) is 2.21. The average molecular weight is 221 g/mol. The minimum atomic E-state index is 0.145. The Hall–Kier alpha value is -1.09. The van der Waals surface area contributed by atoms with Crippen LogP contribution in [0.4, 0.5) is 0 Å². The third-order valence-electron chi connectivity index (χ3n) is 3.25. The van der Waals surface area contributed by atoms with E-state index in [1.165, 1.54) is 12.8 Å². The predicted molar refractivity (Wildman–Crippen MR) is 62.6 cm³/mol. The molecule has 1 aromatic rings. The zero-order chi connectivity index (χ0) is 11.4. The maximum atomic E-state index is 11.8. The maximum absolute atomic E-state index is 11.8. The van der Waals surface area contributed by atoms with Gasteiger partial charge in [-0.1, -0.05) is 0 Å². The topological polar surface area (TPSA) is 42.2 Å². The second-order valence-electron chi connectivity index (χ2n) is 4.57. The van der Waals surface area contributed by atoms with E-state index in [1.807, 2.05) is 13.0 Å². The highest BCUT2D eigenvalue weighted by molar-refractivity contribution is 5.93. The fourth-order valence-corrected chi connectivity index (χ4v) is 2.21. The van der Waals surface area contributed by atoms with Crippen LogP contribution in [-0.2, 0) is 0 Å². The highest BCUT2D eigenvalue weighted by atomic mass is 16.3. The second-order valence-corrected chi connectivity index (χ2v) is 4.57. The summed E-state index contributed by atoms with van der Waals surface area (Å²) in [6.07, 6.45) is 4.02. The van der Waals surface area contributed by atoms with Gasteiger partial charge in [0.2, 0.25) is 0 Å². The zero-order valence-electron chi connectivity index (χ0n) is 9.79. The van der Waals surface area contributed by atoms with Crippen molar-refractivity contribution in [1.82, 2.24) is 5.32 Å². The molecule has 3 heteroatoms. The molecule has 0 bridgehead atoms. The molecule has 0 saturated carbocycles. The lowest BCUT2D eigenvalue weighted by Gasteiger charge is -2.21. The Morgan fingerprint density at radius 1 is 1.44 bits per heavy atom. The van der Waals surface area contributed by atoms with Crippen LogP contribution in [-0.4, -0.2) is 18.9 Å². The number of nitrogens with one attached hydrogen (secondary N) is 1. The lowest BCUT2D eigenvalue weighted by molar-refractivity contribution is 0.0942. The first-order valence-corrected chi connectivity index (χ1v) is 6.06. The lowest BCUT2D eigenvalue weighted by Crippen LogP contribution is -2.27. The molecule has 0 radical (unpaired) electrons. The van der Waals surface area contributed by atoms with Gasteiger partial charge in [0.25, 0.3) is 0 Å². The van der Waals surface area contributed by atoms with Gasteiger partial charge in [0.15, 0.2) is 11.5 Å². The molecule has 0 spiro atoms. The van der Waals surface area contributed by atoms with Crippen LogP contribution in [0.2, 0.25) is 0 Å². The van der Waals surface area contributed by atoms with Crippen molar-refractivity contribution in [3.8, 4) is 0 Å². The zero-order valence-corrected chi connectivity index (χ0v) is 9.79. The molecule has 1 saturated heterocycles. The Kier molecular flexibility index (Phi) is 3.78. The van der Waals surface area contributed by atoms with Gasteiger partial charge in [-0.25, -0.2) is 0 Å². The van der Waals surface area contributed by atoms with Gasteiger partial charge in [0, 0.05) is 6.42 Å². The summed E-state index contributed by atoms with van der Waals surface area (Å²) >= 11 is 0. The molecular formula is C13H19NO2. The van der Waals surface area contributed by atoms with E-state index in [-0.39, 0.29) is 5.78 Å². The van der Waals surface area contributed by atoms with Gasteiger partial charge in [-0.05, 0) is 57.3 Å². The van der Waals surface area contributed by atoms with Crippen molar-refractivity contribution in [3.05, 3.63) is 23.7 Å². The Balaban J connectivity index is 1.79. The van der Waals surface area contributed by atoms with Crippen LogP contribution in [0.25, 0.3) is 0 Å². The van der Waals surface area contributed by atoms with Crippen molar-refractivity contribution >= 4 is 5.78 Å². The van der Waals surface area contributed by atoms with Crippen LogP contribution in [0, 0.1) is 12.8 Å². The van der Waals surface area contributed by atoms with E-state index in [9.17, 15) is 4.79 Å². The minimum Gasteiger partial charge on any atom is -0.458 e. The minimum absolute atomic E-state index is 0.145. The Bertz CT molecular complexity index is 351. The lowest BCUT2D eigenvalue weighted by atomic mass is 9.92. The number of hydrogen-bond donors (Lipinski definition) is 1. The first kappa shape index (κ1) is 11.4. The van der Waals surface area contributed by atoms with Crippen molar-refractivity contribution in [2.45, 2.75) is 32.6 Å². The van der Waals surface area contributed by atoms with Crippen molar-refractivity contribution in [1.29, 1.82) is 0 Å². The van der Waals surface area contributed by atoms with Gasteiger partial charge < -0.3 is 9.73 Å². The number of carbonyl (C=O) groups excluding carboxylic acids is 1. The number of piperidine rings is 1. The van der Waals surface area contributed by atoms with E-state index in [0.717, 1.165) is 25.3 Å². The van der Waals surface area contributed by atoms with Crippen LogP contribution in [0.15, 0.2) is 16.5 Å². The summed E-state index contributed by atoms with van der Waals surface area (Å²) in [5, 5.41) is 3.33. The summed E-state index contributed by atoms with van der Waals surface area (Å²) in [6, 6.07) is 3.62. The fraction of sp³-hybridized carbons (Fsp3) is 0.615. The monoisotopic (exact) mass is 221 g/mol. The summed E-state index contributed by atoms with van der Waals surface area (Å²) in [4.78, 5) is 11.8. The van der Waals surface area contributed by atoms with E-state index in [0.29, 0.717) is 18.1 Å². The molecule has 1 aliphatic heterocycles. The Labute approximate surface area is 96.2 Å². The van der Waals surface area contributed by atoms with Gasteiger partial charge in [-0.3, -0.25) is 4.79 Å². The van der Waals surface area contributed by atoms with E-state index in [4.69, 9.17) is 4.42 Å². The number of hydrogen-bond acceptors (Lipinski definition) is 3. The molecular weight excluding hydrogens is 202 g/mol. The highest BCUT2D eigenvalue weighted by Crippen LogP contribution is 2.19. The molecule has 2 heterocycles. The molecule has 1 aromatic heterocycles. The Morgan fingerprint density at radius 3 is 2.81 bits per heavy atom. The number of ketones is 1. The van der Waals surface area contributed by atoms with E-state index in [2.05, 4.69) is 5.32 Å². The molecule has 0 amide bonds. The van der Waals surface area contributed by atoms with E-state index < -0.39 is 0 Å². The molecule has 1 aliphatic rings. The SMILES string of the molecule is Cc1ccc(C(=O)CCC2CCNCC2)o1. The summed E-state index contributed by atoms with van der Waals surface area (Å²) in [7, 11) is 0. The summed E-state index contributed by atoms with van der Waals surface area (Å²) in [5.74, 6) is 2.18. The van der Waals surface area contributed by atoms with Crippen LogP contribution in [0.1, 0.15) is 42.0 Å². The molecule has 1 fully saturated rings.